The van der Waals surface area contributed by atoms with Crippen molar-refractivity contribution < 1.29 is 58.3 Å². The molecule has 0 radical (unpaired) electrons. The molecule has 7 amide bonds. The van der Waals surface area contributed by atoms with Crippen LogP contribution in [0.4, 0.5) is 10.5 Å². The fraction of sp³-hybridized carbons (Fsp3) is 0.509. The molecule has 20 heteroatoms. The van der Waals surface area contributed by atoms with Crippen LogP contribution in [0.5, 0.6) is 5.75 Å². The number of primary amides is 2. The number of anilines is 1. The molecular formula is C57H75N8O11S+. The van der Waals surface area contributed by atoms with E-state index in [1.165, 1.54) is 26.5 Å². The Morgan fingerprint density at radius 2 is 1.61 bits per heavy atom. The summed E-state index contributed by atoms with van der Waals surface area (Å²) < 4.78 is 11.7. The molecule has 19 nitrogen and oxygen atoms in total. The zero-order valence-corrected chi connectivity index (χ0v) is 46.2. The van der Waals surface area contributed by atoms with Gasteiger partial charge in [-0.25, -0.2) is 14.6 Å². The molecule has 1 aromatic heterocycles. The number of nitrogens with two attached hydrogens (primary N) is 2. The van der Waals surface area contributed by atoms with E-state index in [-0.39, 0.29) is 51.2 Å². The van der Waals surface area contributed by atoms with Crippen molar-refractivity contribution >= 4 is 58.6 Å². The second-order valence-corrected chi connectivity index (χ2v) is 23.3. The first-order chi connectivity index (χ1) is 36.4. The average Bonchev–Trinajstić information content (AvgIpc) is 4.14. The molecule has 1 fully saturated rings. The van der Waals surface area contributed by atoms with Crippen molar-refractivity contribution in [1.82, 2.24) is 26.0 Å². The minimum atomic E-state index is -0.990. The Labute approximate surface area is 454 Å². The summed E-state index contributed by atoms with van der Waals surface area (Å²) in [7, 11) is 0. The van der Waals surface area contributed by atoms with Gasteiger partial charge in [0, 0.05) is 31.2 Å². The number of para-hydroxylation sites is 1. The number of carbonyl (C=O) groups excluding carboxylic acids is 7. The lowest BCUT2D eigenvalue weighted by molar-refractivity contribution is -0.607. The molecule has 7 rings (SSSR count). The molecule has 0 aliphatic carbocycles. The number of hydrogen-bond acceptors (Lipinski definition) is 13. The first-order valence-electron chi connectivity index (χ1n) is 26.5. The SMILES string of the molecule is Cc1ncsc1-c1ccc(ONC(=O)[C@@H]2C[C@@H](O)CN2C(=O)C([NH2+]C(=O)CCCCc2ccc(CO[C@H](C)[C@H](CCC(N)=O)NC(=O)[C@@H]3Cc4cccc5c4N3C(=O)[C@@H](NC(=O)OC(C)(C)C)CC5)cc2)C(C)(C)C)cc1. The van der Waals surface area contributed by atoms with Crippen LogP contribution in [0, 0.1) is 12.3 Å². The molecule has 0 saturated carbocycles. The van der Waals surface area contributed by atoms with Crippen LogP contribution in [-0.4, -0.2) is 111 Å². The number of hydroxylamine groups is 1. The number of aromatic nitrogens is 1. The largest absolute Gasteiger partial charge is 0.444 e. The first-order valence-corrected chi connectivity index (χ1v) is 27.4. The number of quaternary nitrogens is 1. The summed E-state index contributed by atoms with van der Waals surface area (Å²) in [5.74, 6) is -2.11. The number of aliphatic hydroxyl groups is 1. The number of thiazole rings is 1. The van der Waals surface area contributed by atoms with E-state index >= 15 is 0 Å². The van der Waals surface area contributed by atoms with Crippen molar-refractivity contribution in [3.05, 3.63) is 100 Å². The average molecular weight is 1080 g/mol. The highest BCUT2D eigenvalue weighted by Crippen LogP contribution is 2.39. The monoisotopic (exact) mass is 1080 g/mol. The normalized spacial score (nSPS) is 19.4. The van der Waals surface area contributed by atoms with Crippen LogP contribution in [0.1, 0.15) is 121 Å². The number of β-amino-alcohol motifs (C(OH)–C–C–N with tert-alkyl or cyclic N) is 1. The Balaban J connectivity index is 0.875. The molecule has 1 unspecified atom stereocenters. The third kappa shape index (κ3) is 15.3. The summed E-state index contributed by atoms with van der Waals surface area (Å²) in [6.07, 6.45) is 1.40. The van der Waals surface area contributed by atoms with E-state index in [9.17, 15) is 38.7 Å². The Bertz CT molecular complexity index is 2770. The first kappa shape index (κ1) is 58.0. The van der Waals surface area contributed by atoms with Gasteiger partial charge >= 0.3 is 12.0 Å². The number of unbranched alkanes of at least 4 members (excludes halogenated alkanes) is 1. The number of benzene rings is 3. The van der Waals surface area contributed by atoms with Gasteiger partial charge in [-0.15, -0.1) is 11.3 Å². The lowest BCUT2D eigenvalue weighted by atomic mass is 9.85. The lowest BCUT2D eigenvalue weighted by Crippen LogP contribution is -2.98. The van der Waals surface area contributed by atoms with E-state index in [0.717, 1.165) is 38.4 Å². The molecule has 77 heavy (non-hydrogen) atoms. The van der Waals surface area contributed by atoms with Gasteiger partial charge in [0.15, 0.2) is 11.8 Å². The highest BCUT2D eigenvalue weighted by Gasteiger charge is 2.48. The Morgan fingerprint density at radius 3 is 2.27 bits per heavy atom. The Kier molecular flexibility index (Phi) is 18.9. The molecule has 414 valence electrons. The summed E-state index contributed by atoms with van der Waals surface area (Å²) in [5.41, 5.74) is 14.6. The maximum Gasteiger partial charge on any atom is 0.408 e. The van der Waals surface area contributed by atoms with Gasteiger partial charge < -0.3 is 40.7 Å². The maximum absolute atomic E-state index is 14.3. The van der Waals surface area contributed by atoms with E-state index in [1.807, 2.05) is 89.2 Å². The van der Waals surface area contributed by atoms with Crippen molar-refractivity contribution in [3.8, 4) is 16.2 Å². The maximum atomic E-state index is 14.3. The second kappa shape index (κ2) is 25.2. The van der Waals surface area contributed by atoms with Gasteiger partial charge in [-0.1, -0.05) is 63.2 Å². The van der Waals surface area contributed by atoms with E-state index in [1.54, 1.807) is 38.4 Å². The number of hydrogen-bond donors (Lipinski definition) is 6. The number of amides is 7. The number of rotatable bonds is 21. The Hall–Kier alpha value is -6.74. The fourth-order valence-electron chi connectivity index (χ4n) is 10.1. The van der Waals surface area contributed by atoms with Gasteiger partial charge in [0.2, 0.25) is 17.7 Å². The molecule has 4 heterocycles. The summed E-state index contributed by atoms with van der Waals surface area (Å²) in [6.45, 7) is 14.7. The van der Waals surface area contributed by atoms with Crippen LogP contribution in [0.25, 0.3) is 10.4 Å². The number of aliphatic hydroxyl groups excluding tert-OH is 1. The number of carbonyl (C=O) groups is 7. The predicted molar refractivity (Wildman–Crippen MR) is 289 cm³/mol. The quantitative estimate of drug-likeness (QED) is 0.0483. The third-order valence-corrected chi connectivity index (χ3v) is 15.2. The van der Waals surface area contributed by atoms with Crippen LogP contribution >= 0.6 is 11.3 Å². The predicted octanol–water partition coefficient (Wildman–Crippen LogP) is 4.86. The smallest absolute Gasteiger partial charge is 0.408 e. The van der Waals surface area contributed by atoms with E-state index in [2.05, 4.69) is 21.1 Å². The number of nitrogens with one attached hydrogen (secondary N) is 3. The molecule has 0 bridgehead atoms. The van der Waals surface area contributed by atoms with Crippen molar-refractivity contribution in [1.29, 1.82) is 0 Å². The summed E-state index contributed by atoms with van der Waals surface area (Å²) >= 11 is 1.53. The lowest BCUT2D eigenvalue weighted by Gasteiger charge is -2.32. The van der Waals surface area contributed by atoms with Crippen molar-refractivity contribution in [3.63, 3.8) is 0 Å². The van der Waals surface area contributed by atoms with Crippen molar-refractivity contribution in [2.75, 3.05) is 11.4 Å². The van der Waals surface area contributed by atoms with Crippen molar-refractivity contribution in [2.45, 2.75) is 174 Å². The standard InChI is InChI=1S/C57H74N8O11S/c1-33-49(77-32-59-33)38-20-23-41(24-21-38)76-63-52(70)44-29-40(66)30-64(44)54(72)50(56(3,4)5)62-47(68)15-10-9-12-35-16-18-36(19-17-35)31-74-34(2)42(26-27-46(58)67)60-51(69)45-28-39-14-11-13-37-22-25-43(53(71)65(45)48(37)39)61-55(73)75-57(6,7)8/h11,13-14,16-21,23-24,32,34,40,42-45,50,66H,9-10,12,15,22,25-31H2,1-8H3,(H2,58,67)(H,60,69)(H,61,73)(H,62,68)(H,63,70)/p+1/t34-,40-,42+,43+,44+,45+,50?/m1/s1. The fourth-order valence-corrected chi connectivity index (χ4v) is 10.9. The molecule has 4 aromatic rings. The van der Waals surface area contributed by atoms with Crippen LogP contribution in [0.2, 0.25) is 0 Å². The summed E-state index contributed by atoms with van der Waals surface area (Å²) in [4.78, 5) is 108. The van der Waals surface area contributed by atoms with Crippen LogP contribution in [0.15, 0.2) is 72.2 Å². The minimum Gasteiger partial charge on any atom is -0.444 e. The molecule has 7 atom stereocenters. The molecule has 3 aliphatic heterocycles. The van der Waals surface area contributed by atoms with Gasteiger partial charge in [-0.05, 0) is 125 Å². The third-order valence-electron chi connectivity index (χ3n) is 14.2. The van der Waals surface area contributed by atoms with Gasteiger partial charge in [0.1, 0.15) is 23.7 Å². The zero-order chi connectivity index (χ0) is 55.8. The topological polar surface area (TPSA) is 266 Å². The molecule has 3 aromatic carbocycles. The summed E-state index contributed by atoms with van der Waals surface area (Å²) in [5, 5.41) is 17.9. The zero-order valence-electron chi connectivity index (χ0n) is 45.4. The van der Waals surface area contributed by atoms with E-state index in [4.69, 9.17) is 20.0 Å². The highest BCUT2D eigenvalue weighted by atomic mass is 32.1. The van der Waals surface area contributed by atoms with Crippen molar-refractivity contribution in [2.24, 2.45) is 11.1 Å². The van der Waals surface area contributed by atoms with E-state index < -0.39 is 89.1 Å². The van der Waals surface area contributed by atoms with Gasteiger partial charge in [0.25, 0.3) is 11.8 Å². The Morgan fingerprint density at radius 1 is 0.909 bits per heavy atom. The highest BCUT2D eigenvalue weighted by molar-refractivity contribution is 7.13. The number of likely N-dealkylation sites (tertiary alicyclic amines) is 1. The number of nitrogens with zero attached hydrogens (tertiary/aromatic N) is 3. The minimum absolute atomic E-state index is 0.00109. The van der Waals surface area contributed by atoms with Crippen LogP contribution in [0.3, 0.4) is 0 Å². The number of alkyl carbamates (subject to hydrolysis) is 1. The molecule has 1 saturated heterocycles. The van der Waals surface area contributed by atoms with Gasteiger partial charge in [-0.2, -0.15) is 5.48 Å². The molecular weight excluding hydrogens is 1000 g/mol. The van der Waals surface area contributed by atoms with Gasteiger partial charge in [-0.3, -0.25) is 34.2 Å². The molecule has 3 aliphatic rings. The van der Waals surface area contributed by atoms with Gasteiger partial charge in [0.05, 0.1) is 53.0 Å². The number of aryl methyl sites for hydroxylation is 3. The second-order valence-electron chi connectivity index (χ2n) is 22.5. The van der Waals surface area contributed by atoms with Crippen LogP contribution in [-0.2, 0) is 64.1 Å². The number of ether oxygens (including phenoxy) is 2. The molecule has 0 spiro atoms. The summed E-state index contributed by atoms with van der Waals surface area (Å²) in [6, 6.07) is 16.6. The van der Waals surface area contributed by atoms with Crippen LogP contribution < -0.4 is 36.9 Å². The molecule has 8 N–H and O–H groups in total. The van der Waals surface area contributed by atoms with E-state index in [0.29, 0.717) is 43.5 Å².